The Hall–Kier alpha value is -2.43. The molecule has 8 N–H and O–H groups in total. The molecule has 278 valence electrons. The monoisotopic (exact) mass is 793 g/mol. The fourth-order valence-corrected chi connectivity index (χ4v) is 9.62. The van der Waals surface area contributed by atoms with Gasteiger partial charge in [-0.05, 0) is 37.1 Å². The maximum atomic E-state index is 12.3. The average Bonchev–Trinajstić information content (AvgIpc) is 3.73. The highest BCUT2D eigenvalue weighted by molar-refractivity contribution is 7.69. The van der Waals surface area contributed by atoms with E-state index >= 15 is 0 Å². The number of nitrogens with two attached hydrogens (primary N) is 1. The Morgan fingerprint density at radius 1 is 0.820 bits per heavy atom. The molecule has 0 saturated carbocycles. The van der Waals surface area contributed by atoms with Crippen molar-refractivity contribution in [3.8, 4) is 11.5 Å². The molecule has 0 aliphatic carbocycles. The zero-order valence-electron chi connectivity index (χ0n) is 25.4. The van der Waals surface area contributed by atoms with Gasteiger partial charge in [0, 0.05) is 0 Å². The quantitative estimate of drug-likeness (QED) is 0.0998. The van der Waals surface area contributed by atoms with Crippen LogP contribution < -0.4 is 15.2 Å². The van der Waals surface area contributed by atoms with E-state index in [9.17, 15) is 48.0 Å². The number of phosphoric acid groups is 4. The molecule has 2 aliphatic heterocycles. The minimum Gasteiger partial charge on any atom is -0.497 e. The molecule has 0 bridgehead atoms. The van der Waals surface area contributed by atoms with Crippen LogP contribution in [-0.2, 0) is 49.7 Å². The smallest absolute Gasteiger partial charge is 0.490 e. The summed E-state index contributed by atoms with van der Waals surface area (Å²) in [6.45, 7) is -1.72. The molecule has 2 aliphatic rings. The highest BCUT2D eigenvalue weighted by Gasteiger charge is 2.48. The van der Waals surface area contributed by atoms with Crippen molar-refractivity contribution in [3.63, 3.8) is 0 Å². The van der Waals surface area contributed by atoms with E-state index in [1.165, 1.54) is 44.0 Å². The van der Waals surface area contributed by atoms with Crippen LogP contribution in [0.3, 0.4) is 0 Å². The molecular formula is C22H31N5O19P4. The van der Waals surface area contributed by atoms with Crippen LogP contribution in [0.25, 0.3) is 11.2 Å². The summed E-state index contributed by atoms with van der Waals surface area (Å²) >= 11 is 0. The van der Waals surface area contributed by atoms with Crippen molar-refractivity contribution >= 4 is 48.3 Å². The van der Waals surface area contributed by atoms with E-state index in [1.54, 1.807) is 4.57 Å². The predicted octanol–water partition coefficient (Wildman–Crippen LogP) is 1.10. The van der Waals surface area contributed by atoms with Crippen LogP contribution in [0.1, 0.15) is 19.1 Å². The topological polar surface area (TPSA) is 342 Å². The highest BCUT2D eigenvalue weighted by Crippen LogP contribution is 2.71. The molecule has 2 saturated heterocycles. The van der Waals surface area contributed by atoms with Crippen LogP contribution in [0.4, 0.5) is 5.82 Å². The average molecular weight is 793 g/mol. The Kier molecular flexibility index (Phi) is 11.9. The molecule has 50 heavy (non-hydrogen) atoms. The van der Waals surface area contributed by atoms with Crippen molar-refractivity contribution in [1.29, 1.82) is 0 Å². The van der Waals surface area contributed by atoms with Gasteiger partial charge in [-0.25, -0.2) is 33.2 Å². The van der Waals surface area contributed by atoms with Crippen LogP contribution in [0.5, 0.6) is 11.5 Å². The number of methoxy groups -OCH3 is 1. The molecule has 0 radical (unpaired) electrons. The number of hydrogen-bond donors (Lipinski definition) is 7. The molecular weight excluding hydrogens is 762 g/mol. The number of ether oxygens (including phenoxy) is 4. The number of nitrogens with zero attached hydrogens (tertiary/aromatic N) is 4. The highest BCUT2D eigenvalue weighted by atomic mass is 31.3. The minimum atomic E-state index is -6.08. The number of aliphatic hydroxyl groups excluding tert-OH is 2. The predicted molar refractivity (Wildman–Crippen MR) is 162 cm³/mol. The lowest BCUT2D eigenvalue weighted by Crippen LogP contribution is -2.35. The summed E-state index contributed by atoms with van der Waals surface area (Å²) in [5.74, 6) is 0.822. The van der Waals surface area contributed by atoms with Gasteiger partial charge in [0.15, 0.2) is 11.5 Å². The van der Waals surface area contributed by atoms with E-state index in [4.69, 9.17) is 24.7 Å². The van der Waals surface area contributed by atoms with Gasteiger partial charge in [-0.2, -0.15) is 12.9 Å². The van der Waals surface area contributed by atoms with E-state index in [0.29, 0.717) is 23.3 Å². The van der Waals surface area contributed by atoms with Crippen LogP contribution in [-0.4, -0.2) is 100 Å². The van der Waals surface area contributed by atoms with Crippen LogP contribution in [0, 0.1) is 0 Å². The Morgan fingerprint density at radius 3 is 2.06 bits per heavy atom. The maximum Gasteiger partial charge on any atom is 0.490 e. The number of nitrogen functional groups attached to an aromatic ring is 1. The summed E-state index contributed by atoms with van der Waals surface area (Å²) in [6.07, 6.45) is -4.71. The molecule has 28 heteroatoms. The standard InChI is InChI=1S/C22H31N5O19P4/c1-38-12-2-4-13(5-3-12)42-22-19(29)18(28)15(43-22)9-40-48(32,33)45-50(36,37)46-49(34,35)44-47(30,31)39-8-14-6-7-16(41-14)27-11-26-17-20(23)24-10-25-21(17)27/h2-5,10-11,14-16,18-19,22,28-29H,6-9H2,1H3,(H,30,31)(H,32,33)(H,34,35)(H,36,37)(H2,23,24,25)/t14-,15+,16+,18+,19+,22?/m0/s1. The number of phosphoric ester groups is 2. The molecule has 10 atom stereocenters. The number of hydrogen-bond acceptors (Lipinski definition) is 19. The number of benzene rings is 1. The van der Waals surface area contributed by atoms with Gasteiger partial charge >= 0.3 is 31.3 Å². The first-order chi connectivity index (χ1) is 23.4. The number of aliphatic hydroxyl groups is 2. The van der Waals surface area contributed by atoms with Gasteiger partial charge in [0.05, 0.1) is 32.8 Å². The second-order valence-electron chi connectivity index (χ2n) is 10.4. The summed E-state index contributed by atoms with van der Waals surface area (Å²) in [5, 5.41) is 20.5. The molecule has 5 rings (SSSR count). The summed E-state index contributed by atoms with van der Waals surface area (Å²) in [4.78, 5) is 51.5. The Balaban J connectivity index is 1.08. The van der Waals surface area contributed by atoms with Crippen molar-refractivity contribution in [2.75, 3.05) is 26.1 Å². The maximum absolute atomic E-state index is 12.3. The first kappa shape index (κ1) is 38.8. The molecule has 1 aromatic carbocycles. The Labute approximate surface area is 281 Å². The fourth-order valence-electron chi connectivity index (χ4n) is 4.65. The first-order valence-electron chi connectivity index (χ1n) is 14.0. The summed E-state index contributed by atoms with van der Waals surface area (Å²) < 4.78 is 93.1. The second-order valence-corrected chi connectivity index (χ2v) is 16.6. The summed E-state index contributed by atoms with van der Waals surface area (Å²) in [7, 11) is -21.9. The lowest BCUT2D eigenvalue weighted by molar-refractivity contribution is -0.115. The summed E-state index contributed by atoms with van der Waals surface area (Å²) in [6, 6.07) is 5.99. The zero-order chi connectivity index (χ0) is 36.5. The van der Waals surface area contributed by atoms with E-state index in [-0.39, 0.29) is 18.0 Å². The Morgan fingerprint density at radius 2 is 1.42 bits per heavy atom. The molecule has 2 fully saturated rings. The SMILES string of the molecule is COc1ccc(OC2O[C@H](COP(=O)(O)OP(=O)(O)OP(=O)(O)OP(=O)(O)OC[C@@H]3CC[C@H](n4cnc5c(N)ncnc54)O3)[C@@H](O)[C@H]2O)cc1. The molecule has 0 amide bonds. The fraction of sp³-hybridized carbons (Fsp3) is 0.500. The van der Waals surface area contributed by atoms with Gasteiger partial charge in [-0.1, -0.05) is 0 Å². The van der Waals surface area contributed by atoms with E-state index in [2.05, 4.69) is 36.9 Å². The lowest BCUT2D eigenvalue weighted by atomic mass is 10.1. The van der Waals surface area contributed by atoms with E-state index < -0.39 is 81.4 Å². The number of fused-ring (bicyclic) bond motifs is 1. The number of anilines is 1. The molecule has 5 unspecified atom stereocenters. The van der Waals surface area contributed by atoms with Crippen LogP contribution in [0.2, 0.25) is 0 Å². The number of aromatic nitrogens is 4. The second kappa shape index (κ2) is 15.3. The van der Waals surface area contributed by atoms with Crippen LogP contribution in [0.15, 0.2) is 36.9 Å². The van der Waals surface area contributed by atoms with Crippen LogP contribution >= 0.6 is 31.3 Å². The summed E-state index contributed by atoms with van der Waals surface area (Å²) in [5.41, 5.74) is 6.45. The molecule has 0 spiro atoms. The van der Waals surface area contributed by atoms with Crippen molar-refractivity contribution in [3.05, 3.63) is 36.9 Å². The van der Waals surface area contributed by atoms with Crippen molar-refractivity contribution in [2.24, 2.45) is 0 Å². The van der Waals surface area contributed by atoms with Gasteiger partial charge in [-0.15, -0.1) is 0 Å². The Bertz CT molecular complexity index is 1850. The van der Waals surface area contributed by atoms with Crippen molar-refractivity contribution < 1.29 is 89.0 Å². The molecule has 24 nitrogen and oxygen atoms in total. The number of imidazole rings is 1. The molecule has 3 aromatic rings. The minimum absolute atomic E-state index is 0.137. The number of rotatable bonds is 16. The molecule has 4 heterocycles. The normalized spacial score (nSPS) is 28.8. The van der Waals surface area contributed by atoms with Gasteiger partial charge in [-0.3, -0.25) is 13.6 Å². The lowest BCUT2D eigenvalue weighted by Gasteiger charge is -2.21. The molecule has 2 aromatic heterocycles. The van der Waals surface area contributed by atoms with Crippen molar-refractivity contribution in [1.82, 2.24) is 19.5 Å². The van der Waals surface area contributed by atoms with Gasteiger partial charge in [0.25, 0.3) is 0 Å². The third-order valence-electron chi connectivity index (χ3n) is 6.86. The zero-order valence-corrected chi connectivity index (χ0v) is 29.0. The largest absolute Gasteiger partial charge is 0.497 e. The van der Waals surface area contributed by atoms with Gasteiger partial charge in [0.1, 0.15) is 47.9 Å². The van der Waals surface area contributed by atoms with Gasteiger partial charge < -0.3 is 54.5 Å². The third-order valence-corrected chi connectivity index (χ3v) is 12.8. The van der Waals surface area contributed by atoms with Crippen molar-refractivity contribution in [2.45, 2.75) is 49.8 Å². The van der Waals surface area contributed by atoms with E-state index in [1.807, 2.05) is 0 Å². The van der Waals surface area contributed by atoms with E-state index in [0.717, 1.165) is 0 Å². The van der Waals surface area contributed by atoms with Gasteiger partial charge in [0.2, 0.25) is 6.29 Å². The third kappa shape index (κ3) is 9.91. The first-order valence-corrected chi connectivity index (χ1v) is 20.0.